The molecule has 4 amide bonds. The van der Waals surface area contributed by atoms with Crippen molar-refractivity contribution >= 4 is 46.9 Å². The number of Topliss-reactive ketones (excluding diaryl/α,β-unsaturated/α-hetero) is 3. The molecule has 2 fully saturated rings. The predicted octanol–water partition coefficient (Wildman–Crippen LogP) is 4.73. The molecule has 0 aromatic heterocycles. The van der Waals surface area contributed by atoms with E-state index in [1.165, 1.54) is 23.1 Å². The molecule has 2 aromatic carbocycles. The van der Waals surface area contributed by atoms with Crippen molar-refractivity contribution in [3.63, 3.8) is 0 Å². The summed E-state index contributed by atoms with van der Waals surface area (Å²) in [5.74, 6) is -7.38. The summed E-state index contributed by atoms with van der Waals surface area (Å²) in [6.07, 6.45) is 2.55. The summed E-state index contributed by atoms with van der Waals surface area (Å²) in [7, 11) is 0. The molecule has 58 heavy (non-hydrogen) atoms. The number of primary amides is 1. The van der Waals surface area contributed by atoms with Gasteiger partial charge in [-0.1, -0.05) is 75.6 Å². The Labute approximate surface area is 340 Å². The number of benzene rings is 2. The molecule has 2 aliphatic rings. The number of aromatic carboxylic acids is 1. The quantitative estimate of drug-likeness (QED) is 0.143. The Bertz CT molecular complexity index is 1830. The highest BCUT2D eigenvalue weighted by Gasteiger charge is 2.46. The van der Waals surface area contributed by atoms with Gasteiger partial charge in [0.2, 0.25) is 23.5 Å². The van der Waals surface area contributed by atoms with Crippen LogP contribution in [0.1, 0.15) is 131 Å². The van der Waals surface area contributed by atoms with Crippen molar-refractivity contribution in [2.24, 2.45) is 23.5 Å². The number of carboxylic acids is 1. The molecule has 1 aliphatic heterocycles. The fourth-order valence-corrected chi connectivity index (χ4v) is 8.05. The minimum absolute atomic E-state index is 0.0451. The van der Waals surface area contributed by atoms with Gasteiger partial charge in [0.25, 0.3) is 5.91 Å². The van der Waals surface area contributed by atoms with Gasteiger partial charge < -0.3 is 31.1 Å². The number of carbonyl (C=O) groups is 8. The number of nitrogens with one attached hydrogen (secondary N) is 2. The summed E-state index contributed by atoms with van der Waals surface area (Å²) in [5.41, 5.74) is 5.05. The molecule has 1 saturated heterocycles. The number of amides is 4. The number of nitrogens with two attached hydrogens (primary N) is 1. The Kier molecular flexibility index (Phi) is 16.0. The zero-order chi connectivity index (χ0) is 42.7. The molecule has 5 N–H and O–H groups in total. The Morgan fingerprint density at radius 1 is 0.862 bits per heavy atom. The molecular weight excluding hydrogens is 745 g/mol. The predicted molar refractivity (Wildman–Crippen MR) is 214 cm³/mol. The van der Waals surface area contributed by atoms with Gasteiger partial charge in [0.1, 0.15) is 12.1 Å². The normalized spacial score (nSPS) is 18.8. The molecule has 0 spiro atoms. The largest absolute Gasteiger partial charge is 0.478 e. The maximum Gasteiger partial charge on any atom is 0.336 e. The third-order valence-corrected chi connectivity index (χ3v) is 10.7. The number of rotatable bonds is 19. The molecule has 0 bridgehead atoms. The molecule has 1 unspecified atom stereocenters. The van der Waals surface area contributed by atoms with Gasteiger partial charge in [-0.05, 0) is 69.6 Å². The summed E-state index contributed by atoms with van der Waals surface area (Å²) in [5, 5.41) is 15.1. The number of likely N-dealkylation sites (tertiary alicyclic amines) is 1. The molecule has 1 heterocycles. The van der Waals surface area contributed by atoms with E-state index in [1.54, 1.807) is 36.4 Å². The molecule has 5 atom stereocenters. The highest BCUT2D eigenvalue weighted by molar-refractivity contribution is 6.38. The average molecular weight is 803 g/mol. The second-order valence-corrected chi connectivity index (χ2v) is 16.9. The van der Waals surface area contributed by atoms with Crippen molar-refractivity contribution in [3.8, 4) is 0 Å². The number of ketones is 3. The lowest BCUT2D eigenvalue weighted by molar-refractivity contribution is -0.143. The van der Waals surface area contributed by atoms with Crippen LogP contribution in [0.2, 0.25) is 0 Å². The lowest BCUT2D eigenvalue weighted by Crippen LogP contribution is -2.55. The Morgan fingerprint density at radius 2 is 1.48 bits per heavy atom. The number of hydrogen-bond donors (Lipinski definition) is 4. The van der Waals surface area contributed by atoms with Crippen LogP contribution < -0.4 is 16.4 Å². The van der Waals surface area contributed by atoms with Crippen molar-refractivity contribution in [1.82, 2.24) is 15.5 Å². The number of hydrogen-bond acceptors (Lipinski definition) is 9. The third kappa shape index (κ3) is 12.6. The first-order valence-electron chi connectivity index (χ1n) is 20.2. The van der Waals surface area contributed by atoms with Gasteiger partial charge >= 0.3 is 5.97 Å². The van der Waals surface area contributed by atoms with Crippen LogP contribution in [0.3, 0.4) is 0 Å². The van der Waals surface area contributed by atoms with E-state index in [0.717, 1.165) is 19.3 Å². The van der Waals surface area contributed by atoms with Gasteiger partial charge in [0, 0.05) is 38.1 Å². The number of ether oxygens (including phenoxy) is 1. The lowest BCUT2D eigenvalue weighted by Gasteiger charge is -2.35. The van der Waals surface area contributed by atoms with E-state index in [1.807, 2.05) is 34.6 Å². The smallest absolute Gasteiger partial charge is 0.336 e. The van der Waals surface area contributed by atoms with Crippen molar-refractivity contribution < 1.29 is 48.2 Å². The SMILES string of the molecule is CC(C)CC(CC(=O)[C@@H]1C[C@@H](OC(C)(C)C)CN1C(=O)[C@@H](NC(=O)c1ccccc1C(=O)O)C1CCCCC1)C(=O)C(=O)CCC(=O)N[C@H](C(N)=O)c1ccccc1. The van der Waals surface area contributed by atoms with Gasteiger partial charge in [-0.25, -0.2) is 4.79 Å². The maximum absolute atomic E-state index is 14.7. The molecular formula is C44H58N4O10. The first-order chi connectivity index (χ1) is 27.4. The first-order valence-corrected chi connectivity index (χ1v) is 20.2. The van der Waals surface area contributed by atoms with Gasteiger partial charge in [0.15, 0.2) is 11.6 Å². The number of carbonyl (C=O) groups excluding carboxylic acids is 7. The van der Waals surface area contributed by atoms with Crippen LogP contribution in [0.25, 0.3) is 0 Å². The van der Waals surface area contributed by atoms with Crippen molar-refractivity contribution in [2.45, 2.75) is 129 Å². The van der Waals surface area contributed by atoms with Crippen molar-refractivity contribution in [2.75, 3.05) is 6.54 Å². The standard InChI is InChI=1S/C44H58N4O10/c1-26(2)22-29(39(52)34(49)20-21-36(51)46-37(40(45)53)27-14-8-6-9-15-27)23-35(50)33-24-30(58-44(3,4)5)25-48(33)42(55)38(28-16-10-7-11-17-28)47-41(54)31-18-12-13-19-32(31)43(56)57/h6,8-9,12-15,18-19,26,28-30,33,37-38H,7,10-11,16-17,20-25H2,1-5H3,(H2,45,53)(H,46,51)(H,47,54)(H,56,57)/t29?,30-,33+,37+,38+/m1/s1. The summed E-state index contributed by atoms with van der Waals surface area (Å²) >= 11 is 0. The van der Waals surface area contributed by atoms with E-state index in [-0.39, 0.29) is 55.2 Å². The zero-order valence-electron chi connectivity index (χ0n) is 34.2. The topological polar surface area (TPSA) is 219 Å². The van der Waals surface area contributed by atoms with Crippen LogP contribution >= 0.6 is 0 Å². The van der Waals surface area contributed by atoms with E-state index in [2.05, 4.69) is 10.6 Å². The summed E-state index contributed by atoms with van der Waals surface area (Å²) < 4.78 is 6.27. The Morgan fingerprint density at radius 3 is 2.07 bits per heavy atom. The van der Waals surface area contributed by atoms with Crippen LogP contribution in [0.4, 0.5) is 0 Å². The van der Waals surface area contributed by atoms with E-state index in [9.17, 15) is 43.5 Å². The Balaban J connectivity index is 1.54. The highest BCUT2D eigenvalue weighted by atomic mass is 16.5. The average Bonchev–Trinajstić information content (AvgIpc) is 3.60. The fourth-order valence-electron chi connectivity index (χ4n) is 8.05. The molecule has 0 radical (unpaired) electrons. The molecule has 1 saturated carbocycles. The minimum Gasteiger partial charge on any atom is -0.478 e. The number of nitrogens with zero attached hydrogens (tertiary/aromatic N) is 1. The van der Waals surface area contributed by atoms with Gasteiger partial charge in [-0.2, -0.15) is 0 Å². The zero-order valence-corrected chi connectivity index (χ0v) is 34.2. The molecule has 14 nitrogen and oxygen atoms in total. The summed E-state index contributed by atoms with van der Waals surface area (Å²) in [6.45, 7) is 9.33. The fraction of sp³-hybridized carbons (Fsp3) is 0.545. The lowest BCUT2D eigenvalue weighted by atomic mass is 9.82. The van der Waals surface area contributed by atoms with Gasteiger partial charge in [-0.15, -0.1) is 0 Å². The first kappa shape index (κ1) is 45.5. The minimum atomic E-state index is -1.29. The molecule has 1 aliphatic carbocycles. The van der Waals surface area contributed by atoms with E-state index < -0.39 is 89.1 Å². The second kappa shape index (κ2) is 20.4. The third-order valence-electron chi connectivity index (χ3n) is 10.7. The van der Waals surface area contributed by atoms with Crippen molar-refractivity contribution in [3.05, 3.63) is 71.3 Å². The van der Waals surface area contributed by atoms with Crippen LogP contribution in [-0.2, 0) is 33.5 Å². The second-order valence-electron chi connectivity index (χ2n) is 16.9. The van der Waals surface area contributed by atoms with Crippen LogP contribution in [-0.4, -0.2) is 87.3 Å². The molecule has 4 rings (SSSR count). The van der Waals surface area contributed by atoms with Crippen molar-refractivity contribution in [1.29, 1.82) is 0 Å². The van der Waals surface area contributed by atoms with Crippen LogP contribution in [0.5, 0.6) is 0 Å². The molecule has 14 heteroatoms. The summed E-state index contributed by atoms with van der Waals surface area (Å²) in [6, 6.07) is 10.9. The van der Waals surface area contributed by atoms with Gasteiger partial charge in [0.05, 0.1) is 28.9 Å². The highest BCUT2D eigenvalue weighted by Crippen LogP contribution is 2.33. The maximum atomic E-state index is 14.7. The van der Waals surface area contributed by atoms with Crippen LogP contribution in [0, 0.1) is 17.8 Å². The van der Waals surface area contributed by atoms with E-state index in [4.69, 9.17) is 10.5 Å². The molecule has 2 aromatic rings. The van der Waals surface area contributed by atoms with E-state index >= 15 is 0 Å². The van der Waals surface area contributed by atoms with E-state index in [0.29, 0.717) is 18.4 Å². The monoisotopic (exact) mass is 802 g/mol. The summed E-state index contributed by atoms with van der Waals surface area (Å²) in [4.78, 5) is 108. The number of carboxylic acid groups (broad SMARTS) is 1. The van der Waals surface area contributed by atoms with Gasteiger partial charge in [-0.3, -0.25) is 33.6 Å². The Hall–Kier alpha value is -5.24. The van der Waals surface area contributed by atoms with Crippen LogP contribution in [0.15, 0.2) is 54.6 Å². The molecule has 314 valence electrons.